The molecule has 0 unspecified atom stereocenters. The van der Waals surface area contributed by atoms with Gasteiger partial charge in [-0.3, -0.25) is 14.1 Å². The number of hydrogen-bond acceptors (Lipinski definition) is 3. The summed E-state index contributed by atoms with van der Waals surface area (Å²) in [7, 11) is 0. The molecule has 0 saturated heterocycles. The number of pyridine rings is 1. The monoisotopic (exact) mass is 632 g/mol. The van der Waals surface area contributed by atoms with E-state index in [-0.39, 0.29) is 0 Å². The summed E-state index contributed by atoms with van der Waals surface area (Å²) < 4.78 is 6.86. The Morgan fingerprint density at radius 2 is 1.29 bits per heavy atom. The highest BCUT2D eigenvalue weighted by Crippen LogP contribution is 2.41. The zero-order chi connectivity index (χ0) is 32.7. The molecule has 0 saturated carbocycles. The smallest absolute Gasteiger partial charge is 0.165 e. The van der Waals surface area contributed by atoms with E-state index in [0.717, 1.165) is 78.0 Å². The van der Waals surface area contributed by atoms with E-state index in [2.05, 4.69) is 152 Å². The van der Waals surface area contributed by atoms with E-state index in [0.29, 0.717) is 6.42 Å². The Balaban J connectivity index is 1.37. The second-order valence-electron chi connectivity index (χ2n) is 12.1. The molecule has 2 N–H and O–H groups in total. The van der Waals surface area contributed by atoms with Crippen molar-refractivity contribution in [2.75, 3.05) is 0 Å². The van der Waals surface area contributed by atoms with E-state index in [9.17, 15) is 0 Å². The number of aromatic nitrogens is 5. The average molecular weight is 633 g/mol. The van der Waals surface area contributed by atoms with Crippen molar-refractivity contribution in [2.24, 2.45) is 5.73 Å². The fraction of sp³-hybridized carbons (Fsp3) is 0.0233. The Morgan fingerprint density at radius 3 is 2.00 bits per heavy atom. The fourth-order valence-electron chi connectivity index (χ4n) is 7.05. The van der Waals surface area contributed by atoms with Crippen molar-refractivity contribution in [3.63, 3.8) is 0 Å². The van der Waals surface area contributed by atoms with Crippen LogP contribution in [0.4, 0.5) is 0 Å². The first-order chi connectivity index (χ1) is 24.3. The summed E-state index contributed by atoms with van der Waals surface area (Å²) in [4.78, 5) is 9.91. The maximum Gasteiger partial charge on any atom is 0.165 e. The number of allylic oxidation sites excluding steroid dienone is 3. The lowest BCUT2D eigenvalue weighted by Crippen LogP contribution is -1.99. The van der Waals surface area contributed by atoms with Gasteiger partial charge in [0, 0.05) is 57.6 Å². The van der Waals surface area contributed by atoms with Gasteiger partial charge in [-0.15, -0.1) is 0 Å². The number of para-hydroxylation sites is 3. The summed E-state index contributed by atoms with van der Waals surface area (Å²) in [6.07, 6.45) is 8.44. The normalized spacial score (nSPS) is 12.3. The highest BCUT2D eigenvalue weighted by atomic mass is 15.2. The molecule has 49 heavy (non-hydrogen) atoms. The van der Waals surface area contributed by atoms with Gasteiger partial charge < -0.3 is 10.3 Å². The van der Waals surface area contributed by atoms with Crippen molar-refractivity contribution < 1.29 is 0 Å². The van der Waals surface area contributed by atoms with E-state index in [1.165, 1.54) is 0 Å². The van der Waals surface area contributed by atoms with Gasteiger partial charge in [0.15, 0.2) is 5.65 Å². The molecule has 0 aliphatic rings. The third-order valence-corrected chi connectivity index (χ3v) is 9.19. The number of nitrogens with zero attached hydrogens (tertiary/aromatic N) is 5. The minimum absolute atomic E-state index is 0.709. The van der Waals surface area contributed by atoms with Crippen LogP contribution in [-0.2, 0) is 6.42 Å². The number of hydrogen-bond donors (Lipinski definition) is 1. The van der Waals surface area contributed by atoms with Crippen LogP contribution in [-0.4, -0.2) is 23.7 Å². The van der Waals surface area contributed by atoms with Gasteiger partial charge in [0.1, 0.15) is 11.3 Å². The molecule has 0 atom stereocenters. The Labute approximate surface area is 283 Å². The molecule has 0 aliphatic carbocycles. The van der Waals surface area contributed by atoms with Crippen LogP contribution >= 0.6 is 0 Å². The highest BCUT2D eigenvalue weighted by molar-refractivity contribution is 6.19. The molecule has 6 nitrogen and oxygen atoms in total. The molecule has 234 valence electrons. The largest absolute Gasteiger partial charge is 0.403 e. The van der Waals surface area contributed by atoms with Crippen molar-refractivity contribution in [3.05, 3.63) is 176 Å². The van der Waals surface area contributed by atoms with Crippen molar-refractivity contribution in [3.8, 4) is 22.8 Å². The zero-order valence-corrected chi connectivity index (χ0v) is 26.7. The van der Waals surface area contributed by atoms with Gasteiger partial charge in [-0.25, -0.2) is 4.98 Å². The molecule has 6 heteroatoms. The van der Waals surface area contributed by atoms with Crippen LogP contribution in [0.2, 0.25) is 0 Å². The van der Waals surface area contributed by atoms with E-state index < -0.39 is 0 Å². The van der Waals surface area contributed by atoms with Gasteiger partial charge in [0.2, 0.25) is 0 Å². The van der Waals surface area contributed by atoms with Crippen molar-refractivity contribution >= 4 is 49.6 Å². The van der Waals surface area contributed by atoms with Crippen LogP contribution in [0.15, 0.2) is 170 Å². The molecule has 0 aliphatic heterocycles. The molecular formula is C43H32N6. The summed E-state index contributed by atoms with van der Waals surface area (Å²) >= 11 is 0. The minimum Gasteiger partial charge on any atom is -0.403 e. The first-order valence-electron chi connectivity index (χ1n) is 16.5. The maximum atomic E-state index is 6.39. The molecular weight excluding hydrogens is 601 g/mol. The van der Waals surface area contributed by atoms with Gasteiger partial charge >= 0.3 is 0 Å². The topological polar surface area (TPSA) is 66.6 Å². The van der Waals surface area contributed by atoms with Gasteiger partial charge in [-0.05, 0) is 60.7 Å². The van der Waals surface area contributed by atoms with E-state index in [4.69, 9.17) is 10.7 Å². The minimum atomic E-state index is 0.709. The van der Waals surface area contributed by atoms with Gasteiger partial charge in [0.25, 0.3) is 0 Å². The Kier molecular flexibility index (Phi) is 6.91. The number of rotatable bonds is 7. The second kappa shape index (κ2) is 11.9. The molecule has 0 fully saturated rings. The van der Waals surface area contributed by atoms with Crippen LogP contribution in [0.3, 0.4) is 0 Å². The molecule has 4 aromatic heterocycles. The standard InChI is InChI=1S/C43H32N6/c44-29-34(23-14-18-31-17-12-13-26-45-31)47-38-25-11-10-24-35(38)36-27-37-40(28-39(36)47)48(32-19-6-2-7-20-32)43-41(37)49(33-21-8-3-9-22-33)42(46-43)30-15-4-1-5-16-30/h1-17,19-29H,18,44H2/b23-14-,34-29+. The Morgan fingerprint density at radius 1 is 0.612 bits per heavy atom. The molecule has 9 aromatic rings. The summed E-state index contributed by atoms with van der Waals surface area (Å²) in [6, 6.07) is 50.6. The van der Waals surface area contributed by atoms with E-state index in [1.54, 1.807) is 6.20 Å². The lowest BCUT2D eigenvalue weighted by Gasteiger charge is -2.11. The second-order valence-corrected chi connectivity index (χ2v) is 12.1. The van der Waals surface area contributed by atoms with Crippen LogP contribution in [0, 0.1) is 0 Å². The van der Waals surface area contributed by atoms with E-state index in [1.807, 2.05) is 30.5 Å². The van der Waals surface area contributed by atoms with Crippen molar-refractivity contribution in [2.45, 2.75) is 6.42 Å². The van der Waals surface area contributed by atoms with Crippen molar-refractivity contribution in [1.29, 1.82) is 0 Å². The first-order valence-corrected chi connectivity index (χ1v) is 16.5. The van der Waals surface area contributed by atoms with Gasteiger partial charge in [0.05, 0.1) is 22.2 Å². The molecule has 0 bridgehead atoms. The predicted molar refractivity (Wildman–Crippen MR) is 202 cm³/mol. The number of nitrogens with two attached hydrogens (primary N) is 1. The van der Waals surface area contributed by atoms with Crippen LogP contribution < -0.4 is 5.73 Å². The Bertz CT molecular complexity index is 2660. The van der Waals surface area contributed by atoms with Gasteiger partial charge in [-0.1, -0.05) is 97.1 Å². The zero-order valence-electron chi connectivity index (χ0n) is 26.7. The number of benzene rings is 5. The number of imidazole rings is 1. The summed E-state index contributed by atoms with van der Waals surface area (Å²) in [5, 5.41) is 3.43. The van der Waals surface area contributed by atoms with Gasteiger partial charge in [-0.2, -0.15) is 0 Å². The summed E-state index contributed by atoms with van der Waals surface area (Å²) in [6.45, 7) is 0. The molecule has 0 spiro atoms. The quantitative estimate of drug-likeness (QED) is 0.178. The molecule has 5 aromatic carbocycles. The van der Waals surface area contributed by atoms with Crippen molar-refractivity contribution in [1.82, 2.24) is 23.7 Å². The van der Waals surface area contributed by atoms with E-state index >= 15 is 0 Å². The predicted octanol–water partition coefficient (Wildman–Crippen LogP) is 9.70. The average Bonchev–Trinajstić information content (AvgIpc) is 3.81. The number of fused-ring (bicyclic) bond motifs is 6. The third-order valence-electron chi connectivity index (χ3n) is 9.19. The highest BCUT2D eigenvalue weighted by Gasteiger charge is 2.25. The Hall–Kier alpha value is -6.66. The first kappa shape index (κ1) is 28.6. The molecule has 0 radical (unpaired) electrons. The molecule has 4 heterocycles. The van der Waals surface area contributed by atoms with Crippen LogP contribution in [0.5, 0.6) is 0 Å². The van der Waals surface area contributed by atoms with Crippen LogP contribution in [0.1, 0.15) is 5.69 Å². The van der Waals surface area contributed by atoms with Crippen LogP contribution in [0.25, 0.3) is 72.3 Å². The fourth-order valence-corrected chi connectivity index (χ4v) is 7.05. The lowest BCUT2D eigenvalue weighted by atomic mass is 10.1. The summed E-state index contributed by atoms with van der Waals surface area (Å²) in [5.41, 5.74) is 16.6. The molecule has 9 rings (SSSR count). The molecule has 0 amide bonds. The third kappa shape index (κ3) is 4.73. The SMILES string of the molecule is N/C=C(\C=C/Cc1ccccn1)n1c2ccccc2c2cc3c4c(nc(-c5ccccc5)n4-c4ccccc4)n(-c4ccccc4)c3cc21. The maximum absolute atomic E-state index is 6.39. The summed E-state index contributed by atoms with van der Waals surface area (Å²) in [5.74, 6) is 0.900. The lowest BCUT2D eigenvalue weighted by molar-refractivity contribution is 1.10.